The Morgan fingerprint density at radius 1 is 0.880 bits per heavy atom. The largest absolute Gasteiger partial charge is 0.147 e. The number of halogens is 2. The van der Waals surface area contributed by atoms with Gasteiger partial charge in [-0.2, -0.15) is 0 Å². The van der Waals surface area contributed by atoms with Crippen molar-refractivity contribution in [1.29, 1.82) is 0 Å². The Labute approximate surface area is 199 Å². The zero-order chi connectivity index (χ0) is 15.4. The monoisotopic (exact) mass is 527 g/mol. The Morgan fingerprint density at radius 2 is 1.60 bits per heavy atom. The molecule has 0 aliphatic heterocycles. The molecule has 1 atom stereocenters. The van der Waals surface area contributed by atoms with Gasteiger partial charge in [0.25, 0.3) is 0 Å². The molecule has 0 fully saturated rings. The third-order valence-electron chi connectivity index (χ3n) is 4.56. The van der Waals surface area contributed by atoms with E-state index in [1.807, 2.05) is 0 Å². The summed E-state index contributed by atoms with van der Waals surface area (Å²) in [4.78, 5) is 0. The number of allylic oxidation sites excluding steroid dienone is 1. The molecule has 0 aromatic heterocycles. The molecule has 1 aliphatic rings. The van der Waals surface area contributed by atoms with E-state index in [-0.39, 0.29) is 51.0 Å². The van der Waals surface area contributed by atoms with Crippen molar-refractivity contribution in [1.82, 2.24) is 0 Å². The van der Waals surface area contributed by atoms with Gasteiger partial charge in [-0.1, -0.05) is 0 Å². The Bertz CT molecular complexity index is 669. The molecule has 0 saturated carbocycles. The van der Waals surface area contributed by atoms with Crippen LogP contribution in [0.2, 0.25) is 0 Å². The average molecular weight is 531 g/mol. The number of fused-ring (bicyclic) bond motifs is 1. The van der Waals surface area contributed by atoms with Crippen LogP contribution < -0.4 is 0 Å². The van der Waals surface area contributed by atoms with Crippen molar-refractivity contribution >= 4 is 30.9 Å². The van der Waals surface area contributed by atoms with E-state index in [4.69, 9.17) is 0 Å². The van der Waals surface area contributed by atoms with Crippen LogP contribution in [0.5, 0.6) is 0 Å². The van der Waals surface area contributed by atoms with E-state index >= 15 is 0 Å². The summed E-state index contributed by atoms with van der Waals surface area (Å²) in [6.07, 6.45) is 9.18. The van der Waals surface area contributed by atoms with Gasteiger partial charge in [-0.25, -0.2) is 0 Å². The van der Waals surface area contributed by atoms with Gasteiger partial charge in [-0.05, 0) is 0 Å². The van der Waals surface area contributed by atoms with Crippen LogP contribution in [0, 0.1) is 0 Å². The van der Waals surface area contributed by atoms with E-state index < -0.39 is 0 Å². The molecule has 3 rings (SSSR count). The fourth-order valence-corrected chi connectivity index (χ4v) is 4.48. The number of hydrogen-bond donors (Lipinski definition) is 0. The second-order valence-electron chi connectivity index (χ2n) is 6.14. The summed E-state index contributed by atoms with van der Waals surface area (Å²) < 4.78 is 0.674. The first-order valence-electron chi connectivity index (χ1n) is 8.41. The van der Waals surface area contributed by atoms with Gasteiger partial charge < -0.3 is 0 Å². The van der Waals surface area contributed by atoms with Gasteiger partial charge in [0.2, 0.25) is 0 Å². The van der Waals surface area contributed by atoms with Crippen LogP contribution in [-0.2, 0) is 50.9 Å². The van der Waals surface area contributed by atoms with Crippen molar-refractivity contribution < 1.29 is 50.9 Å². The minimum absolute atomic E-state index is 0. The van der Waals surface area contributed by atoms with Crippen molar-refractivity contribution in [2.24, 2.45) is 0 Å². The van der Waals surface area contributed by atoms with Crippen LogP contribution in [0.4, 0.5) is 0 Å². The normalized spacial score (nSPS) is 14.4. The summed E-state index contributed by atoms with van der Waals surface area (Å²) >= 11 is 1.63. The van der Waals surface area contributed by atoms with Crippen molar-refractivity contribution in [2.45, 2.75) is 42.7 Å². The molecule has 1 aliphatic carbocycles. The van der Waals surface area contributed by atoms with E-state index in [1.54, 1.807) is 35.9 Å². The molecule has 0 bridgehead atoms. The van der Waals surface area contributed by atoms with E-state index in [2.05, 4.69) is 61.5 Å². The topological polar surface area (TPSA) is 0 Å². The van der Waals surface area contributed by atoms with Gasteiger partial charge >= 0.3 is 150 Å². The maximum Gasteiger partial charge on any atom is 0 e. The van der Waals surface area contributed by atoms with E-state index in [0.29, 0.717) is 3.63 Å². The molecular formula is C21H25Cl2Zr2. The predicted molar refractivity (Wildman–Crippen MR) is 106 cm³/mol. The standard InChI is InChI=1S/C21H23.2ClH.2Zr/c1-2-3-4-6-10-17-15-19-13-9-14-20(21(19)16-17)18-11-7-5-8-12-18;;;;/h5,7-9,11-16H,2-4,6,10H2,1H3;2*1H;;. The van der Waals surface area contributed by atoms with E-state index in [1.165, 1.54) is 48.8 Å². The molecule has 0 amide bonds. The molecule has 2 aromatic carbocycles. The second-order valence-corrected chi connectivity index (χ2v) is 7.56. The van der Waals surface area contributed by atoms with Gasteiger partial charge in [-0.15, -0.1) is 24.8 Å². The number of unbranched alkanes of at least 4 members (excludes halogenated alkanes) is 3. The fraction of sp³-hybridized carbons (Fsp3) is 0.333. The Kier molecular flexibility index (Phi) is 13.1. The van der Waals surface area contributed by atoms with Gasteiger partial charge in [0, 0.05) is 26.2 Å². The molecule has 1 unspecified atom stereocenters. The summed E-state index contributed by atoms with van der Waals surface area (Å²) in [5, 5.41) is 0. The van der Waals surface area contributed by atoms with E-state index in [9.17, 15) is 0 Å². The fourth-order valence-electron chi connectivity index (χ4n) is 3.31. The molecule has 4 heteroatoms. The van der Waals surface area contributed by atoms with Crippen molar-refractivity contribution in [3.05, 3.63) is 65.2 Å². The maximum atomic E-state index is 2.49. The Balaban J connectivity index is 0.00000192. The summed E-state index contributed by atoms with van der Waals surface area (Å²) in [7, 11) is 0. The van der Waals surface area contributed by atoms with Crippen LogP contribution in [0.15, 0.2) is 54.1 Å². The molecule has 0 nitrogen and oxygen atoms in total. The molecule has 0 spiro atoms. The van der Waals surface area contributed by atoms with Crippen molar-refractivity contribution in [3.63, 3.8) is 0 Å². The third-order valence-corrected chi connectivity index (χ3v) is 6.23. The summed E-state index contributed by atoms with van der Waals surface area (Å²) in [6.45, 7) is 2.28. The second kappa shape index (κ2) is 12.8. The number of benzene rings is 2. The zero-order valence-electron chi connectivity index (χ0n) is 14.6. The van der Waals surface area contributed by atoms with Crippen LogP contribution in [0.3, 0.4) is 0 Å². The molecular weight excluding hydrogens is 506 g/mol. The van der Waals surface area contributed by atoms with Gasteiger partial charge in [-0.3, -0.25) is 0 Å². The zero-order valence-corrected chi connectivity index (χ0v) is 21.2. The first-order chi connectivity index (χ1) is 10.8. The van der Waals surface area contributed by atoms with Gasteiger partial charge in [0.05, 0.1) is 0 Å². The molecule has 0 heterocycles. The smallest absolute Gasteiger partial charge is 0 e. The van der Waals surface area contributed by atoms with Crippen molar-refractivity contribution in [3.8, 4) is 11.1 Å². The van der Waals surface area contributed by atoms with Gasteiger partial charge in [0.15, 0.2) is 0 Å². The van der Waals surface area contributed by atoms with Crippen LogP contribution in [0.1, 0.15) is 53.8 Å². The predicted octanol–water partition coefficient (Wildman–Crippen LogP) is 7.15. The quantitative estimate of drug-likeness (QED) is 0.348. The molecule has 25 heavy (non-hydrogen) atoms. The molecule has 131 valence electrons. The minimum Gasteiger partial charge on any atom is -0.147 e. The van der Waals surface area contributed by atoms with Crippen LogP contribution >= 0.6 is 24.8 Å². The maximum absolute atomic E-state index is 2.49. The average Bonchev–Trinajstić information content (AvgIpc) is 2.89. The summed E-state index contributed by atoms with van der Waals surface area (Å²) in [5.74, 6) is 0. The molecule has 0 radical (unpaired) electrons. The molecule has 0 N–H and O–H groups in total. The third kappa shape index (κ3) is 6.28. The van der Waals surface area contributed by atoms with Crippen molar-refractivity contribution in [2.75, 3.05) is 0 Å². The Hall–Kier alpha value is 0.526. The van der Waals surface area contributed by atoms with E-state index in [0.717, 1.165) is 0 Å². The Morgan fingerprint density at radius 3 is 2.28 bits per heavy atom. The number of hydrogen-bond acceptors (Lipinski definition) is 0. The summed E-state index contributed by atoms with van der Waals surface area (Å²) in [5.41, 5.74) is 7.42. The van der Waals surface area contributed by atoms with Crippen LogP contribution in [-0.4, -0.2) is 0 Å². The molecule has 2 aromatic rings. The minimum atomic E-state index is 0. The SMILES string of the molecule is CCCCCCC1=Cc2c(-c3ccccc3)cccc2[CH]1[Zr].Cl.Cl.[Zr]. The van der Waals surface area contributed by atoms with Gasteiger partial charge in [0.1, 0.15) is 0 Å². The first-order valence-corrected chi connectivity index (χ1v) is 9.83. The molecule has 0 saturated heterocycles. The summed E-state index contributed by atoms with van der Waals surface area (Å²) in [6, 6.07) is 17.6. The van der Waals surface area contributed by atoms with Crippen LogP contribution in [0.25, 0.3) is 17.2 Å². The number of rotatable bonds is 6. The first kappa shape index (κ1) is 25.5.